The molecule has 2 aliphatic carbocycles. The lowest BCUT2D eigenvalue weighted by Gasteiger charge is -2.37. The number of fused-ring (bicyclic) bond motifs is 1. The summed E-state index contributed by atoms with van der Waals surface area (Å²) in [7, 11) is 2.12. The van der Waals surface area contributed by atoms with E-state index in [-0.39, 0.29) is 34.5 Å². The number of nitrogens with one attached hydrogen (secondary N) is 1. The minimum atomic E-state index is -0.505. The van der Waals surface area contributed by atoms with Crippen LogP contribution in [-0.2, 0) is 19.9 Å². The van der Waals surface area contributed by atoms with Gasteiger partial charge in [-0.15, -0.1) is 0 Å². The minimum Gasteiger partial charge on any atom is -0.399 e. The van der Waals surface area contributed by atoms with Crippen LogP contribution in [0.5, 0.6) is 0 Å². The van der Waals surface area contributed by atoms with E-state index in [4.69, 9.17) is 31.1 Å². The van der Waals surface area contributed by atoms with Gasteiger partial charge in [-0.3, -0.25) is 14.9 Å². The predicted molar refractivity (Wildman–Crippen MR) is 262 cm³/mol. The van der Waals surface area contributed by atoms with E-state index in [1.165, 1.54) is 44.1 Å². The number of amides is 2. The van der Waals surface area contributed by atoms with Crippen molar-refractivity contribution >= 4 is 40.6 Å². The monoisotopic (exact) mass is 953 g/mol. The minimum absolute atomic E-state index is 0.0501. The van der Waals surface area contributed by atoms with Crippen molar-refractivity contribution < 1.29 is 27.7 Å². The Kier molecular flexibility index (Phi) is 16.9. The van der Waals surface area contributed by atoms with Gasteiger partial charge in [-0.25, -0.2) is 33.4 Å². The molecule has 1 aromatic carbocycles. The number of aldehydes is 1. The second-order valence-corrected chi connectivity index (χ2v) is 20.1. The standard InChI is InChI=1S/C23H27N9O.C21H30F2N2O.C5H7NO2.C2H6/c1-23(2,3)32-22-16(20(24)27-11-28-22)17(29-32)18-15(19(33-30-18)12-5-6-12)21-25-7-13(8-26-21)14-9-31(4)10-14;22-19-12-18(24)13-20(23)21(19)17-7-9-25(10-8-17)14-16-5-3-15(4-6-16)2-1-11-26;7-4-2-1-3-5(8)6-4;1-2/h7-8,11-12,14H,5-6,9-10H2,1-4H3,(H2,24,27,28);11-13,15-17H,1-10,14,24H2;1-3H2,(H,6,7,8);1-2H3. The molecule has 0 atom stereocenters. The summed E-state index contributed by atoms with van der Waals surface area (Å²) in [6.45, 7) is 15.2. The number of piperidine rings is 2. The molecule has 5 fully saturated rings. The Morgan fingerprint density at radius 2 is 1.45 bits per heavy atom. The summed E-state index contributed by atoms with van der Waals surface area (Å²) >= 11 is 0. The van der Waals surface area contributed by atoms with E-state index in [9.17, 15) is 23.2 Å². The first-order valence-corrected chi connectivity index (χ1v) is 24.9. The van der Waals surface area contributed by atoms with E-state index in [0.717, 1.165) is 99.8 Å². The van der Waals surface area contributed by atoms with E-state index in [1.807, 2.05) is 30.9 Å². The molecule has 3 saturated heterocycles. The van der Waals surface area contributed by atoms with Crippen LogP contribution in [0.1, 0.15) is 153 Å². The van der Waals surface area contributed by atoms with Crippen LogP contribution < -0.4 is 16.8 Å². The molecule has 2 saturated carbocycles. The van der Waals surface area contributed by atoms with E-state index in [1.54, 1.807) is 0 Å². The zero-order valence-corrected chi connectivity index (χ0v) is 41.1. The summed E-state index contributed by atoms with van der Waals surface area (Å²) in [5, 5.41) is 12.2. The molecule has 69 heavy (non-hydrogen) atoms. The molecule has 18 heteroatoms. The number of nitrogens with zero attached hydrogens (tertiary/aromatic N) is 9. The maximum absolute atomic E-state index is 14.1. The van der Waals surface area contributed by atoms with Crippen LogP contribution in [0, 0.1) is 23.5 Å². The Labute approximate surface area is 403 Å². The number of benzene rings is 1. The number of carbonyl (C=O) groups is 3. The third kappa shape index (κ3) is 12.5. The van der Waals surface area contributed by atoms with Gasteiger partial charge in [0.25, 0.3) is 0 Å². The largest absolute Gasteiger partial charge is 0.399 e. The molecule has 16 nitrogen and oxygen atoms in total. The number of hydrogen-bond donors (Lipinski definition) is 3. The van der Waals surface area contributed by atoms with Crippen LogP contribution in [0.15, 0.2) is 35.4 Å². The average molecular weight is 953 g/mol. The van der Waals surface area contributed by atoms with E-state index < -0.39 is 11.6 Å². The highest BCUT2D eigenvalue weighted by atomic mass is 19.1. The normalized spacial score (nSPS) is 20.4. The van der Waals surface area contributed by atoms with Gasteiger partial charge in [0.2, 0.25) is 11.8 Å². The first-order valence-electron chi connectivity index (χ1n) is 24.9. The van der Waals surface area contributed by atoms with Crippen molar-refractivity contribution in [2.75, 3.05) is 51.2 Å². The summed E-state index contributed by atoms with van der Waals surface area (Å²) < 4.78 is 36.0. The molecule has 7 heterocycles. The van der Waals surface area contributed by atoms with Gasteiger partial charge in [-0.05, 0) is 128 Å². The number of rotatable bonds is 10. The zero-order valence-electron chi connectivity index (χ0n) is 41.1. The fraction of sp³-hybridized carbons (Fsp3) is 0.588. The summed E-state index contributed by atoms with van der Waals surface area (Å²) in [6, 6.07) is 2.46. The highest BCUT2D eigenvalue weighted by molar-refractivity contribution is 6.00. The average Bonchev–Trinajstić information content (AvgIpc) is 3.93. The number of likely N-dealkylation sites (tertiary alicyclic amines) is 2. The van der Waals surface area contributed by atoms with Gasteiger partial charge in [-0.1, -0.05) is 31.8 Å². The second-order valence-electron chi connectivity index (χ2n) is 20.1. The van der Waals surface area contributed by atoms with Gasteiger partial charge in [0.05, 0.1) is 16.5 Å². The number of nitrogens with two attached hydrogens (primary N) is 2. The molecule has 0 unspecified atom stereocenters. The highest BCUT2D eigenvalue weighted by Crippen LogP contribution is 2.48. The van der Waals surface area contributed by atoms with Gasteiger partial charge in [0.15, 0.2) is 17.2 Å². The lowest BCUT2D eigenvalue weighted by Crippen LogP contribution is -2.41. The Bertz CT molecular complexity index is 2490. The third-order valence-electron chi connectivity index (χ3n) is 13.8. The summed E-state index contributed by atoms with van der Waals surface area (Å²) in [4.78, 5) is 54.1. The number of imide groups is 1. The van der Waals surface area contributed by atoms with E-state index in [0.29, 0.717) is 71.6 Å². The lowest BCUT2D eigenvalue weighted by atomic mass is 9.79. The zero-order chi connectivity index (χ0) is 49.4. The summed E-state index contributed by atoms with van der Waals surface area (Å²) in [5.41, 5.74) is 15.7. The summed E-state index contributed by atoms with van der Waals surface area (Å²) in [6.07, 6.45) is 18.5. The molecule has 372 valence electrons. The maximum Gasteiger partial charge on any atom is 0.226 e. The van der Waals surface area contributed by atoms with Crippen LogP contribution in [0.2, 0.25) is 0 Å². The molecular weight excluding hydrogens is 883 g/mol. The number of anilines is 2. The SMILES string of the molecule is CC.CN1CC(c2cnc(-c3c(-c4nn(C(C)(C)C)c5ncnc(N)c45)noc3C3CC3)nc2)C1.Nc1cc(F)c(C2CCN(CC3CCC(CCC=O)CC3)CC2)c(F)c1.O=C1CCCC(=O)N1. The smallest absolute Gasteiger partial charge is 0.226 e. The van der Waals surface area contributed by atoms with Crippen molar-refractivity contribution in [1.82, 2.24) is 50.0 Å². The van der Waals surface area contributed by atoms with Gasteiger partial charge in [-0.2, -0.15) is 5.10 Å². The van der Waals surface area contributed by atoms with Gasteiger partial charge < -0.3 is 30.6 Å². The maximum atomic E-state index is 14.1. The number of nitrogen functional groups attached to an aromatic ring is 2. The van der Waals surface area contributed by atoms with Crippen LogP contribution in [-0.4, -0.2) is 103 Å². The fourth-order valence-electron chi connectivity index (χ4n) is 9.96. The van der Waals surface area contributed by atoms with E-state index >= 15 is 0 Å². The molecule has 2 amide bonds. The molecular formula is C51H70F2N12O4. The Morgan fingerprint density at radius 1 is 0.826 bits per heavy atom. The van der Waals surface area contributed by atoms with Gasteiger partial charge in [0, 0.05) is 74.4 Å². The highest BCUT2D eigenvalue weighted by Gasteiger charge is 2.37. The van der Waals surface area contributed by atoms with Crippen LogP contribution in [0.3, 0.4) is 0 Å². The number of hydrogen-bond acceptors (Lipinski definition) is 14. The quantitative estimate of drug-likeness (QED) is 0.0679. The van der Waals surface area contributed by atoms with Crippen LogP contribution >= 0.6 is 0 Å². The molecule has 5 aromatic rings. The lowest BCUT2D eigenvalue weighted by molar-refractivity contribution is -0.133. The van der Waals surface area contributed by atoms with Crippen molar-refractivity contribution in [1.29, 1.82) is 0 Å². The number of aromatic nitrogens is 7. The fourth-order valence-corrected chi connectivity index (χ4v) is 9.96. The van der Waals surface area contributed by atoms with Crippen molar-refractivity contribution in [3.63, 3.8) is 0 Å². The molecule has 5 N–H and O–H groups in total. The molecule has 3 aliphatic heterocycles. The Morgan fingerprint density at radius 3 is 2.00 bits per heavy atom. The summed E-state index contributed by atoms with van der Waals surface area (Å²) in [5.74, 6) is 2.69. The number of carbonyl (C=O) groups excluding carboxylic acids is 3. The number of halogens is 2. The first-order chi connectivity index (χ1) is 33.2. The van der Waals surface area contributed by atoms with Crippen molar-refractivity contribution in [2.45, 2.75) is 141 Å². The second kappa shape index (κ2) is 22.8. The molecule has 10 rings (SSSR count). The Hall–Kier alpha value is -5.75. The van der Waals surface area contributed by atoms with Crippen LogP contribution in [0.4, 0.5) is 20.3 Å². The topological polar surface area (TPSA) is 217 Å². The molecule has 0 bridgehead atoms. The third-order valence-corrected chi connectivity index (χ3v) is 13.8. The van der Waals surface area contributed by atoms with Crippen LogP contribution in [0.25, 0.3) is 33.8 Å². The Balaban J connectivity index is 0.000000174. The van der Waals surface area contributed by atoms with Crippen molar-refractivity contribution in [2.24, 2.45) is 11.8 Å². The first kappa shape index (κ1) is 51.1. The molecule has 0 spiro atoms. The predicted octanol–water partition coefficient (Wildman–Crippen LogP) is 8.53. The van der Waals surface area contributed by atoms with Gasteiger partial charge >= 0.3 is 0 Å². The van der Waals surface area contributed by atoms with Crippen molar-refractivity contribution in [3.8, 4) is 22.8 Å². The van der Waals surface area contributed by atoms with Gasteiger partial charge in [0.1, 0.15) is 41.5 Å². The molecule has 5 aliphatic rings. The van der Waals surface area contributed by atoms with Crippen molar-refractivity contribution in [3.05, 3.63) is 59.4 Å². The molecule has 0 radical (unpaired) electrons. The van der Waals surface area contributed by atoms with E-state index in [2.05, 4.69) is 58.1 Å². The molecule has 4 aromatic heterocycles. The number of likely N-dealkylation sites (N-methyl/N-ethyl adjacent to an activating group) is 1.